The van der Waals surface area contributed by atoms with Gasteiger partial charge in [-0.25, -0.2) is 0 Å². The molecule has 0 unspecified atom stereocenters. The number of carboxylic acids is 1. The number of piperidine rings is 1. The van der Waals surface area contributed by atoms with E-state index >= 15 is 0 Å². The average Bonchev–Trinajstić information content (AvgIpc) is 2.75. The first-order chi connectivity index (χ1) is 15.0. The summed E-state index contributed by atoms with van der Waals surface area (Å²) in [5.41, 5.74) is 0. The van der Waals surface area contributed by atoms with Crippen LogP contribution < -0.4 is 0 Å². The number of aliphatic carboxylic acids is 1. The van der Waals surface area contributed by atoms with Crippen LogP contribution in [0.3, 0.4) is 0 Å². The summed E-state index contributed by atoms with van der Waals surface area (Å²) in [5.74, 6) is -1.27. The SMILES string of the molecule is CC[C@H](C)[C@@H]([C@@H](CC(=O)O)OC)N(C)C(=O)[C@@H](CC(=O)[C@H]1CCCCN1C(C)C)C(C)C. The van der Waals surface area contributed by atoms with Gasteiger partial charge in [-0.15, -0.1) is 0 Å². The molecule has 1 heterocycles. The Morgan fingerprint density at radius 3 is 2.19 bits per heavy atom. The molecule has 0 aromatic heterocycles. The fraction of sp³-hybridized carbons (Fsp3) is 0.880. The molecule has 186 valence electrons. The van der Waals surface area contributed by atoms with Crippen LogP contribution in [0.15, 0.2) is 0 Å². The smallest absolute Gasteiger partial charge is 0.306 e. The van der Waals surface area contributed by atoms with Gasteiger partial charge >= 0.3 is 5.97 Å². The first-order valence-electron chi connectivity index (χ1n) is 12.3. The van der Waals surface area contributed by atoms with Crippen molar-refractivity contribution < 1.29 is 24.2 Å². The van der Waals surface area contributed by atoms with Crippen LogP contribution in [-0.4, -0.2) is 77.5 Å². The molecule has 1 N–H and O–H groups in total. The average molecular weight is 455 g/mol. The molecule has 0 radical (unpaired) electrons. The molecule has 1 aliphatic rings. The van der Waals surface area contributed by atoms with Crippen molar-refractivity contribution in [2.75, 3.05) is 20.7 Å². The number of likely N-dealkylation sites (N-methyl/N-ethyl adjacent to an activating group) is 1. The highest BCUT2D eigenvalue weighted by Crippen LogP contribution is 2.28. The van der Waals surface area contributed by atoms with Crippen molar-refractivity contribution in [3.63, 3.8) is 0 Å². The van der Waals surface area contributed by atoms with E-state index in [0.717, 1.165) is 32.2 Å². The Morgan fingerprint density at radius 2 is 1.72 bits per heavy atom. The van der Waals surface area contributed by atoms with Gasteiger partial charge in [-0.1, -0.05) is 40.5 Å². The first-order valence-corrected chi connectivity index (χ1v) is 12.3. The first kappa shape index (κ1) is 28.6. The fourth-order valence-corrected chi connectivity index (χ4v) is 5.04. The van der Waals surface area contributed by atoms with Crippen LogP contribution in [0.1, 0.15) is 80.1 Å². The van der Waals surface area contributed by atoms with Crippen molar-refractivity contribution in [3.05, 3.63) is 0 Å². The predicted molar refractivity (Wildman–Crippen MR) is 126 cm³/mol. The molecule has 1 amide bonds. The lowest BCUT2D eigenvalue weighted by molar-refractivity contribution is -0.149. The van der Waals surface area contributed by atoms with Crippen LogP contribution in [0.2, 0.25) is 0 Å². The molecule has 32 heavy (non-hydrogen) atoms. The van der Waals surface area contributed by atoms with Gasteiger partial charge in [-0.05, 0) is 45.1 Å². The molecule has 1 saturated heterocycles. The number of hydrogen-bond donors (Lipinski definition) is 1. The van der Waals surface area contributed by atoms with Gasteiger partial charge in [0.15, 0.2) is 5.78 Å². The van der Waals surface area contributed by atoms with Crippen LogP contribution >= 0.6 is 0 Å². The number of Topliss-reactive ketones (excluding diaryl/α,β-unsaturated/α-hetero) is 1. The molecule has 0 aromatic carbocycles. The maximum atomic E-state index is 13.6. The third-order valence-electron chi connectivity index (χ3n) is 7.20. The van der Waals surface area contributed by atoms with Crippen LogP contribution in [-0.2, 0) is 19.1 Å². The number of rotatable bonds is 13. The summed E-state index contributed by atoms with van der Waals surface area (Å²) in [4.78, 5) is 42.3. The standard InChI is InChI=1S/C25H46N2O5/c1-9-18(6)24(22(32-8)15-23(29)30)26(7)25(31)19(16(2)3)14-21(28)20-12-10-11-13-27(20)17(4)5/h16-20,22,24H,9-15H2,1-8H3,(H,29,30)/t18-,19-,20+,22+,24-/m0/s1. The normalized spacial score (nSPS) is 21.2. The minimum atomic E-state index is -0.951. The molecule has 0 aromatic rings. The number of carbonyl (C=O) groups is 3. The van der Waals surface area contributed by atoms with Crippen LogP contribution in [0, 0.1) is 17.8 Å². The highest BCUT2D eigenvalue weighted by molar-refractivity contribution is 5.90. The van der Waals surface area contributed by atoms with E-state index in [0.29, 0.717) is 6.04 Å². The van der Waals surface area contributed by atoms with E-state index in [2.05, 4.69) is 18.7 Å². The van der Waals surface area contributed by atoms with E-state index in [1.165, 1.54) is 7.11 Å². The topological polar surface area (TPSA) is 87.1 Å². The lowest BCUT2D eigenvalue weighted by atomic mass is 9.84. The molecule has 1 rings (SSSR count). The van der Waals surface area contributed by atoms with Crippen LogP contribution in [0.4, 0.5) is 0 Å². The molecular weight excluding hydrogens is 408 g/mol. The van der Waals surface area contributed by atoms with E-state index in [1.54, 1.807) is 11.9 Å². The van der Waals surface area contributed by atoms with Crippen molar-refractivity contribution in [1.82, 2.24) is 9.80 Å². The molecule has 0 bridgehead atoms. The molecule has 0 spiro atoms. The zero-order chi connectivity index (χ0) is 24.6. The number of amides is 1. The van der Waals surface area contributed by atoms with Crippen LogP contribution in [0.5, 0.6) is 0 Å². The van der Waals surface area contributed by atoms with Crippen LogP contribution in [0.25, 0.3) is 0 Å². The maximum Gasteiger partial charge on any atom is 0.306 e. The van der Waals surface area contributed by atoms with E-state index in [9.17, 15) is 19.5 Å². The van der Waals surface area contributed by atoms with Gasteiger partial charge in [0.25, 0.3) is 0 Å². The Labute approximate surface area is 194 Å². The molecule has 7 nitrogen and oxygen atoms in total. The second-order valence-corrected chi connectivity index (χ2v) is 10.1. The molecule has 0 saturated carbocycles. The zero-order valence-electron chi connectivity index (χ0n) is 21.5. The number of ether oxygens (including phenoxy) is 1. The van der Waals surface area contributed by atoms with E-state index < -0.39 is 18.0 Å². The molecule has 7 heteroatoms. The third-order valence-corrected chi connectivity index (χ3v) is 7.20. The Balaban J connectivity index is 3.10. The van der Waals surface area contributed by atoms with Crippen molar-refractivity contribution >= 4 is 17.7 Å². The minimum absolute atomic E-state index is 0.00282. The summed E-state index contributed by atoms with van der Waals surface area (Å²) < 4.78 is 5.53. The van der Waals surface area contributed by atoms with E-state index in [-0.39, 0.29) is 48.5 Å². The number of nitrogens with zero attached hydrogens (tertiary/aromatic N) is 2. The van der Waals surface area contributed by atoms with Gasteiger partial charge < -0.3 is 14.7 Å². The van der Waals surface area contributed by atoms with E-state index in [4.69, 9.17) is 4.74 Å². The number of carbonyl (C=O) groups excluding carboxylic acids is 2. The number of carboxylic acid groups (broad SMARTS) is 1. The lowest BCUT2D eigenvalue weighted by Crippen LogP contribution is -2.53. The van der Waals surface area contributed by atoms with Gasteiger partial charge in [0.1, 0.15) is 0 Å². The van der Waals surface area contributed by atoms with Crippen molar-refractivity contribution in [2.45, 2.75) is 104 Å². The third kappa shape index (κ3) is 7.55. The van der Waals surface area contributed by atoms with Gasteiger partial charge in [-0.2, -0.15) is 0 Å². The lowest BCUT2D eigenvalue weighted by Gasteiger charge is -2.40. The summed E-state index contributed by atoms with van der Waals surface area (Å²) in [6.07, 6.45) is 3.24. The van der Waals surface area contributed by atoms with Gasteiger partial charge in [0.2, 0.25) is 5.91 Å². The second-order valence-electron chi connectivity index (χ2n) is 10.1. The number of ketones is 1. The Kier molecular flexibility index (Phi) is 11.9. The second kappa shape index (κ2) is 13.3. The van der Waals surface area contributed by atoms with Crippen molar-refractivity contribution in [2.24, 2.45) is 17.8 Å². The monoisotopic (exact) mass is 454 g/mol. The highest BCUT2D eigenvalue weighted by Gasteiger charge is 2.39. The Bertz CT molecular complexity index is 621. The minimum Gasteiger partial charge on any atom is -0.481 e. The van der Waals surface area contributed by atoms with Gasteiger partial charge in [0.05, 0.1) is 24.6 Å². The fourth-order valence-electron chi connectivity index (χ4n) is 5.04. The maximum absolute atomic E-state index is 13.6. The Morgan fingerprint density at radius 1 is 1.09 bits per heavy atom. The molecule has 5 atom stereocenters. The van der Waals surface area contributed by atoms with E-state index in [1.807, 2.05) is 27.7 Å². The Hall–Kier alpha value is -1.47. The van der Waals surface area contributed by atoms with Crippen molar-refractivity contribution in [3.8, 4) is 0 Å². The summed E-state index contributed by atoms with van der Waals surface area (Å²) in [7, 11) is 3.22. The van der Waals surface area contributed by atoms with Crippen molar-refractivity contribution in [1.29, 1.82) is 0 Å². The summed E-state index contributed by atoms with van der Waals surface area (Å²) >= 11 is 0. The molecule has 1 fully saturated rings. The largest absolute Gasteiger partial charge is 0.481 e. The number of hydrogen-bond acceptors (Lipinski definition) is 5. The summed E-state index contributed by atoms with van der Waals surface area (Å²) in [6, 6.07) is -0.188. The van der Waals surface area contributed by atoms with Gasteiger partial charge in [-0.3, -0.25) is 19.3 Å². The summed E-state index contributed by atoms with van der Waals surface area (Å²) in [6.45, 7) is 13.2. The predicted octanol–water partition coefficient (Wildman–Crippen LogP) is 3.84. The molecule has 0 aliphatic carbocycles. The number of likely N-dealkylation sites (tertiary alicyclic amines) is 1. The molecular formula is C25H46N2O5. The zero-order valence-corrected chi connectivity index (χ0v) is 21.5. The van der Waals surface area contributed by atoms with Gasteiger partial charge in [0, 0.05) is 32.5 Å². The molecule has 1 aliphatic heterocycles. The quantitative estimate of drug-likeness (QED) is 0.455. The summed E-state index contributed by atoms with van der Waals surface area (Å²) in [5, 5.41) is 9.34. The highest BCUT2D eigenvalue weighted by atomic mass is 16.5. The number of methoxy groups -OCH3 is 1.